The first-order valence-electron chi connectivity index (χ1n) is 10.0. The molecule has 3 aromatic heterocycles. The van der Waals surface area contributed by atoms with Gasteiger partial charge < -0.3 is 19.6 Å². The highest BCUT2D eigenvalue weighted by molar-refractivity contribution is 7.13. The van der Waals surface area contributed by atoms with Crippen LogP contribution in [0.2, 0.25) is 0 Å². The van der Waals surface area contributed by atoms with Crippen molar-refractivity contribution in [2.24, 2.45) is 5.92 Å². The first kappa shape index (κ1) is 21.8. The molecule has 2 amide bonds. The molecule has 2 N–H and O–H groups in total. The number of hydrogen-bond acceptors (Lipinski definition) is 7. The standard InChI is InChI=1S/C21H26N4O4S/c1-14(2)18(24-20(26)15-8-6-12-28-15)21(27)22-11-5-3-4-10-17-23-19(25-29-17)16-9-7-13-30-16/h6-9,12-14,18H,3-5,10-11H2,1-2H3,(H,22,27)(H,24,26)/t18-/m1/s1. The fraction of sp³-hybridized carbons (Fsp3) is 0.429. The molecular formula is C21H26N4O4S. The van der Waals surface area contributed by atoms with Crippen LogP contribution in [0.15, 0.2) is 44.8 Å². The van der Waals surface area contributed by atoms with E-state index in [1.807, 2.05) is 31.4 Å². The quantitative estimate of drug-likeness (QED) is 0.449. The third-order valence-corrected chi connectivity index (χ3v) is 5.42. The number of furan rings is 1. The van der Waals surface area contributed by atoms with Crippen LogP contribution >= 0.6 is 11.3 Å². The molecule has 0 aliphatic carbocycles. The highest BCUT2D eigenvalue weighted by atomic mass is 32.1. The van der Waals surface area contributed by atoms with Crippen LogP contribution < -0.4 is 10.6 Å². The first-order chi connectivity index (χ1) is 14.5. The summed E-state index contributed by atoms with van der Waals surface area (Å²) in [6, 6.07) is 6.50. The molecule has 0 saturated heterocycles. The molecule has 0 spiro atoms. The Morgan fingerprint density at radius 2 is 2.03 bits per heavy atom. The van der Waals surface area contributed by atoms with Crippen LogP contribution in [-0.4, -0.2) is 34.5 Å². The third kappa shape index (κ3) is 6.03. The number of unbranched alkanes of at least 4 members (excludes halogenated alkanes) is 2. The van der Waals surface area contributed by atoms with E-state index < -0.39 is 11.9 Å². The fourth-order valence-corrected chi connectivity index (χ4v) is 3.57. The summed E-state index contributed by atoms with van der Waals surface area (Å²) in [5.41, 5.74) is 0. The largest absolute Gasteiger partial charge is 0.459 e. The van der Waals surface area contributed by atoms with E-state index in [-0.39, 0.29) is 17.6 Å². The lowest BCUT2D eigenvalue weighted by molar-refractivity contribution is -0.123. The van der Waals surface area contributed by atoms with Crippen molar-refractivity contribution in [1.82, 2.24) is 20.8 Å². The number of thiophene rings is 1. The van der Waals surface area contributed by atoms with Crippen LogP contribution in [0, 0.1) is 5.92 Å². The van der Waals surface area contributed by atoms with Crippen molar-refractivity contribution in [3.8, 4) is 10.7 Å². The number of aromatic nitrogens is 2. The van der Waals surface area contributed by atoms with E-state index >= 15 is 0 Å². The molecule has 8 nitrogen and oxygen atoms in total. The SMILES string of the molecule is CC(C)[C@@H](NC(=O)c1ccco1)C(=O)NCCCCCc1nc(-c2cccs2)no1. The lowest BCUT2D eigenvalue weighted by Crippen LogP contribution is -2.49. The summed E-state index contributed by atoms with van der Waals surface area (Å²) in [5.74, 6) is 0.819. The molecule has 30 heavy (non-hydrogen) atoms. The number of amides is 2. The van der Waals surface area contributed by atoms with Crippen LogP contribution in [0.1, 0.15) is 49.6 Å². The Labute approximate surface area is 179 Å². The molecule has 3 heterocycles. The van der Waals surface area contributed by atoms with Gasteiger partial charge in [0.25, 0.3) is 5.91 Å². The Kier molecular flexibility index (Phi) is 7.78. The van der Waals surface area contributed by atoms with Gasteiger partial charge in [0.1, 0.15) is 6.04 Å². The molecule has 0 aliphatic rings. The summed E-state index contributed by atoms with van der Waals surface area (Å²) in [6.07, 6.45) is 4.78. The number of nitrogens with zero attached hydrogens (tertiary/aromatic N) is 2. The zero-order valence-electron chi connectivity index (χ0n) is 17.1. The molecule has 0 aliphatic heterocycles. The number of rotatable bonds is 11. The molecule has 0 bridgehead atoms. The van der Waals surface area contributed by atoms with E-state index in [4.69, 9.17) is 8.94 Å². The molecule has 0 fully saturated rings. The Balaban J connectivity index is 1.34. The van der Waals surface area contributed by atoms with Crippen LogP contribution in [-0.2, 0) is 11.2 Å². The van der Waals surface area contributed by atoms with Gasteiger partial charge in [-0.2, -0.15) is 4.98 Å². The Bertz CT molecular complexity index is 919. The monoisotopic (exact) mass is 430 g/mol. The number of nitrogens with one attached hydrogen (secondary N) is 2. The molecule has 1 atom stereocenters. The fourth-order valence-electron chi connectivity index (χ4n) is 2.92. The average molecular weight is 431 g/mol. The second kappa shape index (κ2) is 10.7. The lowest BCUT2D eigenvalue weighted by atomic mass is 10.0. The minimum absolute atomic E-state index is 0.0426. The van der Waals surface area contributed by atoms with E-state index in [9.17, 15) is 9.59 Å². The van der Waals surface area contributed by atoms with Gasteiger partial charge in [-0.1, -0.05) is 31.5 Å². The van der Waals surface area contributed by atoms with Crippen LogP contribution in [0.3, 0.4) is 0 Å². The normalized spacial score (nSPS) is 12.1. The van der Waals surface area contributed by atoms with Crippen molar-refractivity contribution in [2.75, 3.05) is 6.54 Å². The second-order valence-electron chi connectivity index (χ2n) is 7.26. The van der Waals surface area contributed by atoms with Crippen LogP contribution in [0.25, 0.3) is 10.7 Å². The summed E-state index contributed by atoms with van der Waals surface area (Å²) < 4.78 is 10.4. The van der Waals surface area contributed by atoms with Crippen molar-refractivity contribution in [1.29, 1.82) is 0 Å². The zero-order chi connectivity index (χ0) is 21.3. The van der Waals surface area contributed by atoms with Gasteiger partial charge in [0.05, 0.1) is 11.1 Å². The minimum Gasteiger partial charge on any atom is -0.459 e. The predicted molar refractivity (Wildman–Crippen MR) is 113 cm³/mol. The van der Waals surface area contributed by atoms with E-state index in [2.05, 4.69) is 20.8 Å². The van der Waals surface area contributed by atoms with Gasteiger partial charge in [-0.05, 0) is 42.3 Å². The number of carbonyl (C=O) groups is 2. The van der Waals surface area contributed by atoms with E-state index in [1.165, 1.54) is 6.26 Å². The molecule has 9 heteroatoms. The summed E-state index contributed by atoms with van der Waals surface area (Å²) in [4.78, 5) is 30.0. The maximum Gasteiger partial charge on any atom is 0.287 e. The van der Waals surface area contributed by atoms with Crippen molar-refractivity contribution >= 4 is 23.2 Å². The van der Waals surface area contributed by atoms with Crippen molar-refractivity contribution in [2.45, 2.75) is 45.6 Å². The number of aryl methyl sites for hydroxylation is 1. The highest BCUT2D eigenvalue weighted by Crippen LogP contribution is 2.21. The molecule has 160 valence electrons. The molecular weight excluding hydrogens is 404 g/mol. The van der Waals surface area contributed by atoms with Crippen molar-refractivity contribution in [3.05, 3.63) is 47.6 Å². The number of hydrogen-bond donors (Lipinski definition) is 2. The predicted octanol–water partition coefficient (Wildman–Crippen LogP) is 3.67. The summed E-state index contributed by atoms with van der Waals surface area (Å²) in [6.45, 7) is 4.33. The molecule has 3 aromatic rings. The van der Waals surface area contributed by atoms with Crippen LogP contribution in [0.5, 0.6) is 0 Å². The van der Waals surface area contributed by atoms with Gasteiger partial charge in [-0.15, -0.1) is 11.3 Å². The third-order valence-electron chi connectivity index (χ3n) is 4.56. The lowest BCUT2D eigenvalue weighted by Gasteiger charge is -2.21. The maximum absolute atomic E-state index is 12.5. The second-order valence-corrected chi connectivity index (χ2v) is 8.21. The van der Waals surface area contributed by atoms with Crippen molar-refractivity contribution < 1.29 is 18.5 Å². The van der Waals surface area contributed by atoms with Gasteiger partial charge in [0, 0.05) is 13.0 Å². The van der Waals surface area contributed by atoms with Gasteiger partial charge >= 0.3 is 0 Å². The highest BCUT2D eigenvalue weighted by Gasteiger charge is 2.25. The first-order valence-corrected chi connectivity index (χ1v) is 10.9. The zero-order valence-corrected chi connectivity index (χ0v) is 17.9. The van der Waals surface area contributed by atoms with E-state index in [1.54, 1.807) is 23.5 Å². The smallest absolute Gasteiger partial charge is 0.287 e. The van der Waals surface area contributed by atoms with E-state index in [0.717, 1.165) is 24.1 Å². The molecule has 0 saturated carbocycles. The summed E-state index contributed by atoms with van der Waals surface area (Å²) in [5, 5.41) is 11.6. The molecule has 0 radical (unpaired) electrons. The Morgan fingerprint density at radius 3 is 2.73 bits per heavy atom. The molecule has 0 unspecified atom stereocenters. The molecule has 3 rings (SSSR count). The number of carbonyl (C=O) groups excluding carboxylic acids is 2. The van der Waals surface area contributed by atoms with Gasteiger partial charge in [0.15, 0.2) is 5.76 Å². The van der Waals surface area contributed by atoms with Crippen LogP contribution in [0.4, 0.5) is 0 Å². The van der Waals surface area contributed by atoms with Gasteiger partial charge in [-0.25, -0.2) is 0 Å². The summed E-state index contributed by atoms with van der Waals surface area (Å²) in [7, 11) is 0. The van der Waals surface area contributed by atoms with E-state index in [0.29, 0.717) is 24.7 Å². The average Bonchev–Trinajstić information content (AvgIpc) is 3.49. The minimum atomic E-state index is -0.614. The van der Waals surface area contributed by atoms with Crippen molar-refractivity contribution in [3.63, 3.8) is 0 Å². The maximum atomic E-state index is 12.5. The summed E-state index contributed by atoms with van der Waals surface area (Å²) >= 11 is 1.58. The topological polar surface area (TPSA) is 110 Å². The van der Waals surface area contributed by atoms with Gasteiger partial charge in [-0.3, -0.25) is 9.59 Å². The Morgan fingerprint density at radius 1 is 1.17 bits per heavy atom. The van der Waals surface area contributed by atoms with Gasteiger partial charge in [0.2, 0.25) is 17.6 Å². The molecule has 0 aromatic carbocycles. The Hall–Kier alpha value is -2.94.